The molecule has 0 saturated heterocycles. The van der Waals surface area contributed by atoms with E-state index < -0.39 is 0 Å². The monoisotopic (exact) mass is 393 g/mol. The van der Waals surface area contributed by atoms with Gasteiger partial charge in [0.25, 0.3) is 5.91 Å². The van der Waals surface area contributed by atoms with E-state index in [2.05, 4.69) is 21.2 Å². The summed E-state index contributed by atoms with van der Waals surface area (Å²) >= 11 is 17.1. The molecule has 3 N–H and O–H groups in total. The Bertz CT molecular complexity index is 972. The Morgan fingerprint density at radius 1 is 1.20 bits per heavy atom. The second kappa shape index (κ2) is 7.26. The van der Waals surface area contributed by atoms with Crippen molar-refractivity contribution in [2.24, 2.45) is 0 Å². The molecule has 2 aromatic heterocycles. The van der Waals surface area contributed by atoms with E-state index in [1.54, 1.807) is 35.7 Å². The summed E-state index contributed by atoms with van der Waals surface area (Å²) in [6, 6.07) is 10.5. The van der Waals surface area contributed by atoms with Gasteiger partial charge in [-0.3, -0.25) is 20.0 Å². The van der Waals surface area contributed by atoms with E-state index >= 15 is 0 Å². The third-order valence-corrected chi connectivity index (χ3v) is 4.14. The Kier molecular flexibility index (Phi) is 5.08. The van der Waals surface area contributed by atoms with Crippen molar-refractivity contribution in [1.29, 1.82) is 0 Å². The summed E-state index contributed by atoms with van der Waals surface area (Å²) in [7, 11) is 0. The number of rotatable bonds is 2. The fourth-order valence-electron chi connectivity index (χ4n) is 2.30. The lowest BCUT2D eigenvalue weighted by atomic mass is 10.3. The van der Waals surface area contributed by atoms with Gasteiger partial charge in [-0.15, -0.1) is 0 Å². The number of nitrogens with one attached hydrogen (secondary N) is 3. The Morgan fingerprint density at radius 2 is 2.00 bits per heavy atom. The van der Waals surface area contributed by atoms with E-state index in [9.17, 15) is 4.79 Å². The highest BCUT2D eigenvalue weighted by molar-refractivity contribution is 7.80. The zero-order valence-corrected chi connectivity index (χ0v) is 15.3. The van der Waals surface area contributed by atoms with Crippen LogP contribution in [0.2, 0.25) is 10.0 Å². The van der Waals surface area contributed by atoms with E-state index in [1.165, 1.54) is 0 Å². The number of nitrogens with zero attached hydrogens (tertiary/aromatic N) is 2. The first-order valence-corrected chi connectivity index (χ1v) is 8.38. The summed E-state index contributed by atoms with van der Waals surface area (Å²) in [6.07, 6.45) is 1.77. The minimum absolute atomic E-state index is 0.184. The number of carbonyl (C=O) groups excluding carboxylic acids is 1. The topological polar surface area (TPSA) is 70.5 Å². The lowest BCUT2D eigenvalue weighted by Gasteiger charge is -2.13. The predicted octanol–water partition coefficient (Wildman–Crippen LogP) is 3.58. The SMILES string of the molecule is Cc1nc2ccccn2c1C(=O)NNC(=S)Nc1ccc(Cl)cc1Cl. The summed E-state index contributed by atoms with van der Waals surface area (Å²) < 4.78 is 1.71. The van der Waals surface area contributed by atoms with Crippen molar-refractivity contribution in [3.8, 4) is 0 Å². The smallest absolute Gasteiger partial charge is 0.288 e. The van der Waals surface area contributed by atoms with E-state index in [0.29, 0.717) is 32.8 Å². The van der Waals surface area contributed by atoms with E-state index in [0.717, 1.165) is 0 Å². The van der Waals surface area contributed by atoms with Gasteiger partial charge in [-0.1, -0.05) is 29.3 Å². The summed E-state index contributed by atoms with van der Waals surface area (Å²) in [5.41, 5.74) is 7.50. The number of hydrogen-bond acceptors (Lipinski definition) is 3. The average molecular weight is 394 g/mol. The van der Waals surface area contributed by atoms with Crippen molar-refractivity contribution in [2.75, 3.05) is 5.32 Å². The number of halogens is 2. The number of hydrazine groups is 1. The van der Waals surface area contributed by atoms with Crippen LogP contribution < -0.4 is 16.2 Å². The zero-order valence-electron chi connectivity index (χ0n) is 13.0. The minimum atomic E-state index is -0.359. The standard InChI is InChI=1S/C16H13Cl2N5OS/c1-9-14(23-7-3-2-4-13(23)19-9)15(24)21-22-16(25)20-12-6-5-10(17)8-11(12)18/h2-8H,1H3,(H,21,24)(H2,20,22,25). The maximum atomic E-state index is 12.4. The average Bonchev–Trinajstić information content (AvgIpc) is 2.91. The second-order valence-electron chi connectivity index (χ2n) is 5.13. The van der Waals surface area contributed by atoms with Crippen LogP contribution in [0.25, 0.3) is 5.65 Å². The van der Waals surface area contributed by atoms with Crippen LogP contribution in [0.5, 0.6) is 0 Å². The lowest BCUT2D eigenvalue weighted by molar-refractivity contribution is 0.0937. The predicted molar refractivity (Wildman–Crippen MR) is 103 cm³/mol. The molecular weight excluding hydrogens is 381 g/mol. The molecule has 0 spiro atoms. The van der Waals surface area contributed by atoms with Gasteiger partial charge in [-0.25, -0.2) is 4.98 Å². The van der Waals surface area contributed by atoms with Crippen molar-refractivity contribution in [2.45, 2.75) is 6.92 Å². The summed E-state index contributed by atoms with van der Waals surface area (Å²) in [5, 5.41) is 4.00. The fourth-order valence-corrected chi connectivity index (χ4v) is 2.92. The number of fused-ring (bicyclic) bond motifs is 1. The molecule has 0 bridgehead atoms. The molecule has 0 aliphatic rings. The molecule has 25 heavy (non-hydrogen) atoms. The van der Waals surface area contributed by atoms with Gasteiger partial charge in [-0.05, 0) is 49.5 Å². The number of benzene rings is 1. The Balaban J connectivity index is 1.67. The van der Waals surface area contributed by atoms with Gasteiger partial charge in [0.2, 0.25) is 0 Å². The molecule has 3 rings (SSSR count). The molecule has 0 saturated carbocycles. The first kappa shape index (κ1) is 17.5. The molecule has 128 valence electrons. The van der Waals surface area contributed by atoms with Gasteiger partial charge < -0.3 is 5.32 Å². The maximum Gasteiger partial charge on any atom is 0.288 e. The van der Waals surface area contributed by atoms with E-state index in [1.807, 2.05) is 18.2 Å². The Hall–Kier alpha value is -2.35. The molecule has 0 aliphatic carbocycles. The third-order valence-electron chi connectivity index (χ3n) is 3.39. The fraction of sp³-hybridized carbons (Fsp3) is 0.0625. The van der Waals surface area contributed by atoms with Crippen LogP contribution in [-0.2, 0) is 0 Å². The molecule has 9 heteroatoms. The van der Waals surface area contributed by atoms with Crippen LogP contribution in [-0.4, -0.2) is 20.4 Å². The normalized spacial score (nSPS) is 10.5. The first-order chi connectivity index (χ1) is 12.0. The summed E-state index contributed by atoms with van der Waals surface area (Å²) in [6.45, 7) is 1.77. The molecule has 6 nitrogen and oxygen atoms in total. The first-order valence-electron chi connectivity index (χ1n) is 7.22. The van der Waals surface area contributed by atoms with Crippen molar-refractivity contribution >= 4 is 57.8 Å². The zero-order chi connectivity index (χ0) is 18.0. The molecule has 0 fully saturated rings. The highest BCUT2D eigenvalue weighted by Crippen LogP contribution is 2.25. The molecule has 0 atom stereocenters. The number of carbonyl (C=O) groups is 1. The molecule has 2 heterocycles. The van der Waals surface area contributed by atoms with Gasteiger partial charge in [0.15, 0.2) is 5.11 Å². The quantitative estimate of drug-likeness (QED) is 0.458. The summed E-state index contributed by atoms with van der Waals surface area (Å²) in [5.74, 6) is -0.359. The molecule has 1 aromatic carbocycles. The number of anilines is 1. The van der Waals surface area contributed by atoms with Gasteiger partial charge in [-0.2, -0.15) is 0 Å². The number of imidazole rings is 1. The molecule has 0 radical (unpaired) electrons. The number of hydrogen-bond donors (Lipinski definition) is 3. The van der Waals surface area contributed by atoms with Crippen LogP contribution in [0.3, 0.4) is 0 Å². The van der Waals surface area contributed by atoms with Crippen molar-refractivity contribution in [3.05, 3.63) is 64.0 Å². The number of aryl methyl sites for hydroxylation is 1. The molecule has 1 amide bonds. The number of thiocarbonyl (C=S) groups is 1. The van der Waals surface area contributed by atoms with Gasteiger partial charge in [0.1, 0.15) is 11.3 Å². The van der Waals surface area contributed by atoms with Crippen molar-refractivity contribution in [3.63, 3.8) is 0 Å². The number of amides is 1. The largest absolute Gasteiger partial charge is 0.330 e. The third kappa shape index (κ3) is 3.84. The molecular formula is C16H13Cl2N5OS. The van der Waals surface area contributed by atoms with Crippen LogP contribution >= 0.6 is 35.4 Å². The molecule has 3 aromatic rings. The maximum absolute atomic E-state index is 12.4. The van der Waals surface area contributed by atoms with Crippen molar-refractivity contribution in [1.82, 2.24) is 20.2 Å². The van der Waals surface area contributed by atoms with Crippen molar-refractivity contribution < 1.29 is 4.79 Å². The van der Waals surface area contributed by atoms with Gasteiger partial charge in [0, 0.05) is 11.2 Å². The Labute approximate surface area is 159 Å². The molecule has 0 aliphatic heterocycles. The lowest BCUT2D eigenvalue weighted by Crippen LogP contribution is -2.44. The second-order valence-corrected chi connectivity index (χ2v) is 6.38. The number of aromatic nitrogens is 2. The highest BCUT2D eigenvalue weighted by Gasteiger charge is 2.16. The van der Waals surface area contributed by atoms with E-state index in [-0.39, 0.29) is 11.0 Å². The number of pyridine rings is 1. The van der Waals surface area contributed by atoms with Crippen LogP contribution in [0.4, 0.5) is 5.69 Å². The van der Waals surface area contributed by atoms with Gasteiger partial charge >= 0.3 is 0 Å². The summed E-state index contributed by atoms with van der Waals surface area (Å²) in [4.78, 5) is 16.8. The van der Waals surface area contributed by atoms with Crippen LogP contribution in [0, 0.1) is 6.92 Å². The Morgan fingerprint density at radius 3 is 2.76 bits per heavy atom. The van der Waals surface area contributed by atoms with E-state index in [4.69, 9.17) is 35.4 Å². The molecule has 0 unspecified atom stereocenters. The van der Waals surface area contributed by atoms with Crippen LogP contribution in [0.15, 0.2) is 42.6 Å². The van der Waals surface area contributed by atoms with Crippen LogP contribution in [0.1, 0.15) is 16.2 Å². The minimum Gasteiger partial charge on any atom is -0.330 e. The van der Waals surface area contributed by atoms with Gasteiger partial charge in [0.05, 0.1) is 16.4 Å². The highest BCUT2D eigenvalue weighted by atomic mass is 35.5.